The van der Waals surface area contributed by atoms with E-state index in [0.717, 1.165) is 34.5 Å². The van der Waals surface area contributed by atoms with Gasteiger partial charge in [-0.15, -0.1) is 6.58 Å². The van der Waals surface area contributed by atoms with Crippen molar-refractivity contribution in [2.45, 2.75) is 12.5 Å². The molecule has 0 bridgehead atoms. The Kier molecular flexibility index (Phi) is 6.33. The molecule has 0 amide bonds. The van der Waals surface area contributed by atoms with Crippen LogP contribution >= 0.6 is 0 Å². The number of rotatable bonds is 6. The first-order chi connectivity index (χ1) is 13.3. The Balaban J connectivity index is 1.89. The van der Waals surface area contributed by atoms with Crippen LogP contribution in [0.25, 0.3) is 0 Å². The first kappa shape index (κ1) is 18.4. The van der Waals surface area contributed by atoms with Crippen molar-refractivity contribution in [3.8, 4) is 17.6 Å². The molecule has 0 spiro atoms. The summed E-state index contributed by atoms with van der Waals surface area (Å²) in [6, 6.07) is 26.4. The summed E-state index contributed by atoms with van der Waals surface area (Å²) >= 11 is 0. The Bertz CT molecular complexity index is 933. The van der Waals surface area contributed by atoms with Crippen molar-refractivity contribution in [1.29, 1.82) is 0 Å². The van der Waals surface area contributed by atoms with Crippen LogP contribution < -0.4 is 10.1 Å². The van der Waals surface area contributed by atoms with Gasteiger partial charge in [0, 0.05) is 16.8 Å². The maximum Gasteiger partial charge on any atom is 0.119 e. The second-order valence-corrected chi connectivity index (χ2v) is 6.15. The van der Waals surface area contributed by atoms with Crippen LogP contribution in [-0.2, 0) is 0 Å². The molecule has 3 rings (SSSR count). The second kappa shape index (κ2) is 9.31. The third-order valence-electron chi connectivity index (χ3n) is 4.28. The van der Waals surface area contributed by atoms with Crippen molar-refractivity contribution in [2.24, 2.45) is 0 Å². The van der Waals surface area contributed by atoms with Crippen molar-refractivity contribution < 1.29 is 4.74 Å². The predicted octanol–water partition coefficient (Wildman–Crippen LogP) is 5.82. The highest BCUT2D eigenvalue weighted by Crippen LogP contribution is 2.27. The molecule has 0 saturated heterocycles. The molecule has 3 aromatic carbocycles. The first-order valence-corrected chi connectivity index (χ1v) is 8.97. The van der Waals surface area contributed by atoms with Crippen LogP contribution in [0.2, 0.25) is 0 Å². The maximum absolute atomic E-state index is 5.24. The van der Waals surface area contributed by atoms with E-state index in [1.165, 1.54) is 0 Å². The Morgan fingerprint density at radius 3 is 2.33 bits per heavy atom. The Hall–Kier alpha value is -3.44. The number of nitrogens with one attached hydrogen (secondary N) is 1. The molecule has 0 heterocycles. The van der Waals surface area contributed by atoms with E-state index in [1.807, 2.05) is 66.7 Å². The summed E-state index contributed by atoms with van der Waals surface area (Å²) in [6.45, 7) is 3.92. The van der Waals surface area contributed by atoms with Crippen LogP contribution in [0.1, 0.15) is 29.2 Å². The second-order valence-electron chi connectivity index (χ2n) is 6.15. The van der Waals surface area contributed by atoms with Crippen LogP contribution in [0.3, 0.4) is 0 Å². The lowest BCUT2D eigenvalue weighted by molar-refractivity contribution is 0.415. The summed E-state index contributed by atoms with van der Waals surface area (Å²) in [7, 11) is 1.67. The monoisotopic (exact) mass is 353 g/mol. The molecule has 0 aromatic heterocycles. The van der Waals surface area contributed by atoms with E-state index in [4.69, 9.17) is 4.74 Å². The van der Waals surface area contributed by atoms with Crippen molar-refractivity contribution in [2.75, 3.05) is 12.4 Å². The van der Waals surface area contributed by atoms with Crippen molar-refractivity contribution in [1.82, 2.24) is 0 Å². The maximum atomic E-state index is 5.24. The normalized spacial score (nSPS) is 11.0. The number of anilines is 1. The van der Waals surface area contributed by atoms with E-state index in [0.29, 0.717) is 0 Å². The lowest BCUT2D eigenvalue weighted by atomic mass is 9.97. The van der Waals surface area contributed by atoms with Crippen molar-refractivity contribution >= 4 is 5.69 Å². The highest BCUT2D eigenvalue weighted by atomic mass is 16.5. The number of ether oxygens (including phenoxy) is 1. The van der Waals surface area contributed by atoms with E-state index in [1.54, 1.807) is 7.11 Å². The summed E-state index contributed by atoms with van der Waals surface area (Å²) in [5.74, 6) is 7.43. The molecule has 1 unspecified atom stereocenters. The van der Waals surface area contributed by atoms with Gasteiger partial charge in [-0.2, -0.15) is 0 Å². The van der Waals surface area contributed by atoms with Gasteiger partial charge in [-0.05, 0) is 54.4 Å². The largest absolute Gasteiger partial charge is 0.497 e. The number of methoxy groups -OCH3 is 1. The Labute approximate surface area is 161 Å². The third kappa shape index (κ3) is 5.03. The standard InChI is InChI=1S/C25H23NO/c1-3-9-25(26-22-16-18-23(27-2)19-17-22)24-13-8-7-12-21(24)15-14-20-10-5-4-6-11-20/h3-8,10-13,16-19,25-26H,1,9H2,2H3. The summed E-state index contributed by atoms with van der Waals surface area (Å²) in [6.07, 6.45) is 2.73. The molecule has 1 atom stereocenters. The third-order valence-corrected chi connectivity index (χ3v) is 4.28. The van der Waals surface area contributed by atoms with Gasteiger partial charge in [0.1, 0.15) is 5.75 Å². The molecule has 0 aliphatic rings. The van der Waals surface area contributed by atoms with Gasteiger partial charge in [0.05, 0.1) is 13.2 Å². The van der Waals surface area contributed by atoms with Gasteiger partial charge in [0.15, 0.2) is 0 Å². The van der Waals surface area contributed by atoms with Crippen molar-refractivity contribution in [3.63, 3.8) is 0 Å². The molecule has 0 aliphatic carbocycles. The van der Waals surface area contributed by atoms with Gasteiger partial charge in [0.2, 0.25) is 0 Å². The molecule has 1 N–H and O–H groups in total. The van der Waals surface area contributed by atoms with Gasteiger partial charge in [-0.1, -0.05) is 54.3 Å². The van der Waals surface area contributed by atoms with Crippen LogP contribution in [0.15, 0.2) is 91.5 Å². The van der Waals surface area contributed by atoms with E-state index in [9.17, 15) is 0 Å². The summed E-state index contributed by atoms with van der Waals surface area (Å²) in [5.41, 5.74) is 4.23. The van der Waals surface area contributed by atoms with Gasteiger partial charge in [-0.25, -0.2) is 0 Å². The molecule has 134 valence electrons. The van der Waals surface area contributed by atoms with E-state index >= 15 is 0 Å². The number of hydrogen-bond donors (Lipinski definition) is 1. The molecule has 0 fully saturated rings. The Morgan fingerprint density at radius 1 is 0.926 bits per heavy atom. The zero-order chi connectivity index (χ0) is 18.9. The predicted molar refractivity (Wildman–Crippen MR) is 113 cm³/mol. The van der Waals surface area contributed by atoms with Gasteiger partial charge in [-0.3, -0.25) is 0 Å². The van der Waals surface area contributed by atoms with Gasteiger partial charge in [0.25, 0.3) is 0 Å². The molecule has 0 aliphatic heterocycles. The SMILES string of the molecule is C=CCC(Nc1ccc(OC)cc1)c1ccccc1C#Cc1ccccc1. The van der Waals surface area contributed by atoms with Crippen LogP contribution in [-0.4, -0.2) is 7.11 Å². The minimum Gasteiger partial charge on any atom is -0.497 e. The fourth-order valence-corrected chi connectivity index (χ4v) is 2.89. The minimum atomic E-state index is 0.0946. The fraction of sp³-hybridized carbons (Fsp3) is 0.120. The average molecular weight is 353 g/mol. The molecular formula is C25H23NO. The molecule has 2 nitrogen and oxygen atoms in total. The smallest absolute Gasteiger partial charge is 0.119 e. The quantitative estimate of drug-likeness (QED) is 0.445. The first-order valence-electron chi connectivity index (χ1n) is 8.97. The van der Waals surface area contributed by atoms with Gasteiger partial charge >= 0.3 is 0 Å². The lowest BCUT2D eigenvalue weighted by Gasteiger charge is -2.20. The molecule has 27 heavy (non-hydrogen) atoms. The Morgan fingerprint density at radius 2 is 1.63 bits per heavy atom. The highest BCUT2D eigenvalue weighted by molar-refractivity contribution is 5.52. The summed E-state index contributed by atoms with van der Waals surface area (Å²) < 4.78 is 5.24. The lowest BCUT2D eigenvalue weighted by Crippen LogP contribution is -2.11. The van der Waals surface area contributed by atoms with E-state index in [2.05, 4.69) is 41.9 Å². The van der Waals surface area contributed by atoms with Crippen LogP contribution in [0.5, 0.6) is 5.75 Å². The fourth-order valence-electron chi connectivity index (χ4n) is 2.89. The number of benzene rings is 3. The zero-order valence-corrected chi connectivity index (χ0v) is 15.5. The minimum absolute atomic E-state index is 0.0946. The van der Waals surface area contributed by atoms with Crippen LogP contribution in [0.4, 0.5) is 5.69 Å². The van der Waals surface area contributed by atoms with E-state index < -0.39 is 0 Å². The molecular weight excluding hydrogens is 330 g/mol. The van der Waals surface area contributed by atoms with E-state index in [-0.39, 0.29) is 6.04 Å². The molecule has 2 heteroatoms. The molecule has 0 radical (unpaired) electrons. The van der Waals surface area contributed by atoms with Crippen molar-refractivity contribution in [3.05, 3.63) is 108 Å². The zero-order valence-electron chi connectivity index (χ0n) is 15.5. The summed E-state index contributed by atoms with van der Waals surface area (Å²) in [5, 5.41) is 3.59. The number of hydrogen-bond acceptors (Lipinski definition) is 2. The van der Waals surface area contributed by atoms with Gasteiger partial charge < -0.3 is 10.1 Å². The average Bonchev–Trinajstić information content (AvgIpc) is 2.73. The van der Waals surface area contributed by atoms with Crippen LogP contribution in [0, 0.1) is 11.8 Å². The molecule has 3 aromatic rings. The summed E-state index contributed by atoms with van der Waals surface area (Å²) in [4.78, 5) is 0. The highest BCUT2D eigenvalue weighted by Gasteiger charge is 2.13. The molecule has 0 saturated carbocycles. The topological polar surface area (TPSA) is 21.3 Å².